The highest BCUT2D eigenvalue weighted by Gasteiger charge is 2.19. The third-order valence-corrected chi connectivity index (χ3v) is 5.91. The summed E-state index contributed by atoms with van der Waals surface area (Å²) in [5.74, 6) is 1.73. The number of nitrogens with zero attached hydrogens (tertiary/aromatic N) is 3. The van der Waals surface area contributed by atoms with E-state index in [9.17, 15) is 4.79 Å². The quantitative estimate of drug-likeness (QED) is 0.608. The van der Waals surface area contributed by atoms with Crippen LogP contribution in [0.5, 0.6) is 0 Å². The summed E-state index contributed by atoms with van der Waals surface area (Å²) in [5, 5.41) is 12.5. The summed E-state index contributed by atoms with van der Waals surface area (Å²) in [6.45, 7) is 0.621. The van der Waals surface area contributed by atoms with E-state index in [-0.39, 0.29) is 5.91 Å². The Morgan fingerprint density at radius 1 is 1.11 bits per heavy atom. The Bertz CT molecular complexity index is 887. The molecule has 2 aromatic heterocycles. The molecule has 7 heteroatoms. The SMILES string of the molecule is O=C(CSc1nnc(-c2ccco2)n1Cc1ccccc1)NC1CCCCC1. The Morgan fingerprint density at radius 3 is 2.68 bits per heavy atom. The van der Waals surface area contributed by atoms with E-state index >= 15 is 0 Å². The molecular formula is C21H24N4O2S. The van der Waals surface area contributed by atoms with E-state index in [1.165, 1.54) is 31.0 Å². The molecule has 0 saturated heterocycles. The van der Waals surface area contributed by atoms with Gasteiger partial charge < -0.3 is 9.73 Å². The Hall–Kier alpha value is -2.54. The number of carbonyl (C=O) groups excluding carboxylic acids is 1. The number of benzene rings is 1. The average molecular weight is 397 g/mol. The molecule has 1 aliphatic rings. The molecule has 1 amide bonds. The van der Waals surface area contributed by atoms with Crippen LogP contribution in [0.25, 0.3) is 11.6 Å². The Balaban J connectivity index is 1.47. The highest BCUT2D eigenvalue weighted by Crippen LogP contribution is 2.25. The minimum absolute atomic E-state index is 0.0608. The molecule has 0 radical (unpaired) electrons. The van der Waals surface area contributed by atoms with Crippen LogP contribution in [-0.2, 0) is 11.3 Å². The number of furan rings is 1. The lowest BCUT2D eigenvalue weighted by molar-refractivity contribution is -0.119. The zero-order chi connectivity index (χ0) is 19.2. The summed E-state index contributed by atoms with van der Waals surface area (Å²) in [5.41, 5.74) is 1.14. The van der Waals surface area contributed by atoms with Crippen LogP contribution in [-0.4, -0.2) is 32.5 Å². The van der Waals surface area contributed by atoms with Crippen LogP contribution in [0.2, 0.25) is 0 Å². The molecule has 2 heterocycles. The molecule has 0 spiro atoms. The average Bonchev–Trinajstić information content (AvgIpc) is 3.38. The fourth-order valence-corrected chi connectivity index (χ4v) is 4.29. The Labute approximate surface area is 168 Å². The highest BCUT2D eigenvalue weighted by molar-refractivity contribution is 7.99. The lowest BCUT2D eigenvalue weighted by Crippen LogP contribution is -2.37. The fourth-order valence-electron chi connectivity index (χ4n) is 3.54. The maximum atomic E-state index is 12.4. The van der Waals surface area contributed by atoms with Crippen molar-refractivity contribution in [3.05, 3.63) is 54.3 Å². The largest absolute Gasteiger partial charge is 0.461 e. The predicted molar refractivity (Wildman–Crippen MR) is 109 cm³/mol. The molecule has 28 heavy (non-hydrogen) atoms. The van der Waals surface area contributed by atoms with E-state index in [2.05, 4.69) is 27.6 Å². The van der Waals surface area contributed by atoms with Crippen LogP contribution in [0, 0.1) is 0 Å². The van der Waals surface area contributed by atoms with Crippen molar-refractivity contribution in [3.63, 3.8) is 0 Å². The first-order chi connectivity index (χ1) is 13.8. The van der Waals surface area contributed by atoms with Crippen LogP contribution < -0.4 is 5.32 Å². The summed E-state index contributed by atoms with van der Waals surface area (Å²) in [6.07, 6.45) is 7.49. The number of rotatable bonds is 7. The second kappa shape index (κ2) is 9.10. The molecule has 1 aromatic carbocycles. The first kappa shape index (κ1) is 18.8. The fraction of sp³-hybridized carbons (Fsp3) is 0.381. The van der Waals surface area contributed by atoms with Crippen LogP contribution in [0.4, 0.5) is 0 Å². The third kappa shape index (κ3) is 4.65. The van der Waals surface area contributed by atoms with Crippen molar-refractivity contribution >= 4 is 17.7 Å². The van der Waals surface area contributed by atoms with Gasteiger partial charge in [0.2, 0.25) is 11.7 Å². The van der Waals surface area contributed by atoms with Crippen LogP contribution in [0.15, 0.2) is 58.3 Å². The summed E-state index contributed by atoms with van der Waals surface area (Å²) < 4.78 is 7.53. The van der Waals surface area contributed by atoms with E-state index in [0.717, 1.165) is 18.4 Å². The van der Waals surface area contributed by atoms with Gasteiger partial charge in [-0.2, -0.15) is 0 Å². The van der Waals surface area contributed by atoms with Gasteiger partial charge in [-0.1, -0.05) is 61.4 Å². The van der Waals surface area contributed by atoms with Crippen molar-refractivity contribution in [2.45, 2.75) is 49.8 Å². The van der Waals surface area contributed by atoms with Gasteiger partial charge in [-0.15, -0.1) is 10.2 Å². The number of hydrogen-bond donors (Lipinski definition) is 1. The molecule has 0 unspecified atom stereocenters. The molecule has 1 saturated carbocycles. The molecule has 3 aromatic rings. The smallest absolute Gasteiger partial charge is 0.230 e. The zero-order valence-electron chi connectivity index (χ0n) is 15.7. The monoisotopic (exact) mass is 396 g/mol. The van der Waals surface area contributed by atoms with E-state index in [4.69, 9.17) is 4.42 Å². The number of carbonyl (C=O) groups is 1. The lowest BCUT2D eigenvalue weighted by atomic mass is 9.95. The van der Waals surface area contributed by atoms with E-state index in [0.29, 0.717) is 35.1 Å². The third-order valence-electron chi connectivity index (χ3n) is 4.94. The van der Waals surface area contributed by atoms with Gasteiger partial charge in [0.1, 0.15) is 0 Å². The number of thioether (sulfide) groups is 1. The van der Waals surface area contributed by atoms with Gasteiger partial charge in [0.15, 0.2) is 10.9 Å². The van der Waals surface area contributed by atoms with Gasteiger partial charge in [0.05, 0.1) is 18.6 Å². The predicted octanol–water partition coefficient (Wildman–Crippen LogP) is 4.13. The van der Waals surface area contributed by atoms with E-state index in [1.807, 2.05) is 34.9 Å². The van der Waals surface area contributed by atoms with Crippen molar-refractivity contribution in [1.29, 1.82) is 0 Å². The van der Waals surface area contributed by atoms with Crippen molar-refractivity contribution < 1.29 is 9.21 Å². The Morgan fingerprint density at radius 2 is 1.93 bits per heavy atom. The molecule has 6 nitrogen and oxygen atoms in total. The van der Waals surface area contributed by atoms with Crippen molar-refractivity contribution in [3.8, 4) is 11.6 Å². The lowest BCUT2D eigenvalue weighted by Gasteiger charge is -2.22. The van der Waals surface area contributed by atoms with Gasteiger partial charge in [0, 0.05) is 6.04 Å². The van der Waals surface area contributed by atoms with Gasteiger partial charge >= 0.3 is 0 Å². The van der Waals surface area contributed by atoms with Gasteiger partial charge in [0.25, 0.3) is 0 Å². The van der Waals surface area contributed by atoms with Crippen LogP contribution >= 0.6 is 11.8 Å². The maximum absolute atomic E-state index is 12.4. The highest BCUT2D eigenvalue weighted by atomic mass is 32.2. The molecule has 0 aliphatic heterocycles. The number of aromatic nitrogens is 3. The maximum Gasteiger partial charge on any atom is 0.230 e. The molecule has 146 valence electrons. The minimum Gasteiger partial charge on any atom is -0.461 e. The second-order valence-corrected chi connectivity index (χ2v) is 7.99. The molecule has 1 aliphatic carbocycles. The van der Waals surface area contributed by atoms with Crippen molar-refractivity contribution in [1.82, 2.24) is 20.1 Å². The first-order valence-electron chi connectivity index (χ1n) is 9.73. The first-order valence-corrected chi connectivity index (χ1v) is 10.7. The van der Waals surface area contributed by atoms with Crippen molar-refractivity contribution in [2.75, 3.05) is 5.75 Å². The van der Waals surface area contributed by atoms with Gasteiger partial charge in [-0.3, -0.25) is 9.36 Å². The van der Waals surface area contributed by atoms with Crippen LogP contribution in [0.3, 0.4) is 0 Å². The van der Waals surface area contributed by atoms with Gasteiger partial charge in [-0.05, 0) is 30.5 Å². The second-order valence-electron chi connectivity index (χ2n) is 7.05. The standard InChI is InChI=1S/C21H24N4O2S/c26-19(22-17-10-5-2-6-11-17)15-28-21-24-23-20(18-12-7-13-27-18)25(21)14-16-8-3-1-4-9-16/h1,3-4,7-9,12-13,17H,2,5-6,10-11,14-15H2,(H,22,26). The number of amides is 1. The summed E-state index contributed by atoms with van der Waals surface area (Å²) in [6, 6.07) is 14.2. The zero-order valence-corrected chi connectivity index (χ0v) is 16.5. The molecule has 1 N–H and O–H groups in total. The minimum atomic E-state index is 0.0608. The summed E-state index contributed by atoms with van der Waals surface area (Å²) in [7, 11) is 0. The number of hydrogen-bond acceptors (Lipinski definition) is 5. The van der Waals surface area contributed by atoms with E-state index < -0.39 is 0 Å². The summed E-state index contributed by atoms with van der Waals surface area (Å²) in [4.78, 5) is 12.4. The summed E-state index contributed by atoms with van der Waals surface area (Å²) >= 11 is 1.42. The van der Waals surface area contributed by atoms with Crippen LogP contribution in [0.1, 0.15) is 37.7 Å². The number of nitrogens with one attached hydrogen (secondary N) is 1. The molecule has 0 bridgehead atoms. The molecular weight excluding hydrogens is 372 g/mol. The van der Waals surface area contributed by atoms with Gasteiger partial charge in [-0.25, -0.2) is 0 Å². The molecule has 1 fully saturated rings. The van der Waals surface area contributed by atoms with Crippen molar-refractivity contribution in [2.24, 2.45) is 0 Å². The molecule has 4 rings (SSSR count). The normalized spacial score (nSPS) is 14.9. The topological polar surface area (TPSA) is 73.0 Å². The Kier molecular flexibility index (Phi) is 6.11. The van der Waals surface area contributed by atoms with E-state index in [1.54, 1.807) is 6.26 Å². The molecule has 0 atom stereocenters.